The third-order valence-corrected chi connectivity index (χ3v) is 4.40. The SMILES string of the molecule is CCCCCCCCc1cc(Cc2ccc(N)cc2)ccc1N. The summed E-state index contributed by atoms with van der Waals surface area (Å²) >= 11 is 0. The Kier molecular flexibility index (Phi) is 6.99. The van der Waals surface area contributed by atoms with Crippen LogP contribution in [0.25, 0.3) is 0 Å². The molecule has 0 aliphatic carbocycles. The van der Waals surface area contributed by atoms with Gasteiger partial charge in [0.2, 0.25) is 0 Å². The molecule has 0 unspecified atom stereocenters. The van der Waals surface area contributed by atoms with Crippen LogP contribution in [0.2, 0.25) is 0 Å². The van der Waals surface area contributed by atoms with E-state index in [2.05, 4.69) is 37.3 Å². The van der Waals surface area contributed by atoms with Crippen molar-refractivity contribution in [2.24, 2.45) is 0 Å². The molecule has 2 nitrogen and oxygen atoms in total. The van der Waals surface area contributed by atoms with E-state index in [1.54, 1.807) is 0 Å². The van der Waals surface area contributed by atoms with Gasteiger partial charge >= 0.3 is 0 Å². The van der Waals surface area contributed by atoms with Crippen molar-refractivity contribution < 1.29 is 0 Å². The second-order valence-electron chi connectivity index (χ2n) is 6.47. The number of hydrogen-bond acceptors (Lipinski definition) is 2. The summed E-state index contributed by atoms with van der Waals surface area (Å²) in [5.74, 6) is 0. The van der Waals surface area contributed by atoms with Gasteiger partial charge in [0.05, 0.1) is 0 Å². The fraction of sp³-hybridized carbons (Fsp3) is 0.429. The molecule has 0 spiro atoms. The third-order valence-electron chi connectivity index (χ3n) is 4.40. The smallest absolute Gasteiger partial charge is 0.0346 e. The average Bonchev–Trinajstić information content (AvgIpc) is 2.55. The van der Waals surface area contributed by atoms with Crippen LogP contribution in [0.15, 0.2) is 42.5 Å². The number of aryl methyl sites for hydroxylation is 1. The quantitative estimate of drug-likeness (QED) is 0.485. The highest BCUT2D eigenvalue weighted by atomic mass is 14.6. The van der Waals surface area contributed by atoms with Crippen LogP contribution < -0.4 is 11.5 Å². The second kappa shape index (κ2) is 9.24. The Morgan fingerprint density at radius 1 is 0.739 bits per heavy atom. The molecule has 2 rings (SSSR count). The number of rotatable bonds is 9. The molecule has 0 aliphatic rings. The maximum atomic E-state index is 6.15. The predicted molar refractivity (Wildman–Crippen MR) is 102 cm³/mol. The van der Waals surface area contributed by atoms with E-state index in [0.29, 0.717) is 0 Å². The molecular weight excluding hydrogens is 280 g/mol. The molecule has 0 bridgehead atoms. The molecule has 23 heavy (non-hydrogen) atoms. The van der Waals surface area contributed by atoms with E-state index < -0.39 is 0 Å². The van der Waals surface area contributed by atoms with Crippen LogP contribution in [0.3, 0.4) is 0 Å². The van der Waals surface area contributed by atoms with Gasteiger partial charge in [0.25, 0.3) is 0 Å². The molecule has 0 saturated heterocycles. The van der Waals surface area contributed by atoms with Crippen molar-refractivity contribution in [2.45, 2.75) is 58.3 Å². The van der Waals surface area contributed by atoms with E-state index in [1.807, 2.05) is 12.1 Å². The van der Waals surface area contributed by atoms with Gasteiger partial charge in [-0.1, -0.05) is 63.3 Å². The maximum absolute atomic E-state index is 6.15. The Hall–Kier alpha value is -1.96. The van der Waals surface area contributed by atoms with E-state index in [4.69, 9.17) is 11.5 Å². The number of nitrogen functional groups attached to an aromatic ring is 2. The summed E-state index contributed by atoms with van der Waals surface area (Å²) in [6, 6.07) is 14.6. The highest BCUT2D eigenvalue weighted by molar-refractivity contribution is 5.50. The topological polar surface area (TPSA) is 52.0 Å². The van der Waals surface area contributed by atoms with Crippen molar-refractivity contribution in [1.82, 2.24) is 0 Å². The molecule has 2 heteroatoms. The first-order valence-corrected chi connectivity index (χ1v) is 8.90. The highest BCUT2D eigenvalue weighted by Gasteiger charge is 2.03. The van der Waals surface area contributed by atoms with E-state index in [9.17, 15) is 0 Å². The number of unbranched alkanes of at least 4 members (excludes halogenated alkanes) is 5. The van der Waals surface area contributed by atoms with Crippen LogP contribution in [0.5, 0.6) is 0 Å². The van der Waals surface area contributed by atoms with E-state index in [-0.39, 0.29) is 0 Å². The molecule has 0 radical (unpaired) electrons. The van der Waals surface area contributed by atoms with Crippen molar-refractivity contribution >= 4 is 11.4 Å². The van der Waals surface area contributed by atoms with Crippen molar-refractivity contribution in [3.8, 4) is 0 Å². The predicted octanol–water partition coefficient (Wildman–Crippen LogP) is 5.34. The summed E-state index contributed by atoms with van der Waals surface area (Å²) in [4.78, 5) is 0. The molecule has 0 fully saturated rings. The van der Waals surface area contributed by atoms with Crippen LogP contribution in [-0.2, 0) is 12.8 Å². The lowest BCUT2D eigenvalue weighted by atomic mass is 9.98. The van der Waals surface area contributed by atoms with E-state index in [0.717, 1.165) is 24.2 Å². The number of nitrogens with two attached hydrogens (primary N) is 2. The molecular formula is C21H30N2. The lowest BCUT2D eigenvalue weighted by Crippen LogP contribution is -1.98. The molecule has 0 heterocycles. The minimum atomic E-state index is 0.815. The van der Waals surface area contributed by atoms with Gasteiger partial charge in [0.15, 0.2) is 0 Å². The van der Waals surface area contributed by atoms with E-state index >= 15 is 0 Å². The summed E-state index contributed by atoms with van der Waals surface area (Å²) in [5, 5.41) is 0. The van der Waals surface area contributed by atoms with Gasteiger partial charge in [-0.3, -0.25) is 0 Å². The first-order valence-electron chi connectivity index (χ1n) is 8.90. The zero-order valence-electron chi connectivity index (χ0n) is 14.4. The Morgan fingerprint density at radius 3 is 2.13 bits per heavy atom. The minimum Gasteiger partial charge on any atom is -0.399 e. The van der Waals surface area contributed by atoms with Crippen molar-refractivity contribution in [3.05, 3.63) is 59.2 Å². The van der Waals surface area contributed by atoms with Crippen LogP contribution in [0, 0.1) is 0 Å². The van der Waals surface area contributed by atoms with Gasteiger partial charge < -0.3 is 11.5 Å². The largest absolute Gasteiger partial charge is 0.399 e. The molecule has 0 aromatic heterocycles. The van der Waals surface area contributed by atoms with Crippen LogP contribution >= 0.6 is 0 Å². The van der Waals surface area contributed by atoms with Crippen molar-refractivity contribution in [1.29, 1.82) is 0 Å². The number of hydrogen-bond donors (Lipinski definition) is 2. The summed E-state index contributed by atoms with van der Waals surface area (Å²) in [6.45, 7) is 2.26. The summed E-state index contributed by atoms with van der Waals surface area (Å²) < 4.78 is 0. The van der Waals surface area contributed by atoms with Crippen molar-refractivity contribution in [3.63, 3.8) is 0 Å². The average molecular weight is 310 g/mol. The van der Waals surface area contributed by atoms with Crippen molar-refractivity contribution in [2.75, 3.05) is 11.5 Å². The molecule has 0 aliphatic heterocycles. The van der Waals surface area contributed by atoms with E-state index in [1.165, 1.54) is 55.2 Å². The number of benzene rings is 2. The fourth-order valence-electron chi connectivity index (χ4n) is 2.95. The zero-order chi connectivity index (χ0) is 16.5. The molecule has 0 amide bonds. The summed E-state index contributed by atoms with van der Waals surface area (Å²) in [5.41, 5.74) is 17.5. The van der Waals surface area contributed by atoms with Gasteiger partial charge in [-0.05, 0) is 54.2 Å². The highest BCUT2D eigenvalue weighted by Crippen LogP contribution is 2.20. The Labute approximate surface area is 140 Å². The fourth-order valence-corrected chi connectivity index (χ4v) is 2.95. The Balaban J connectivity index is 1.89. The van der Waals surface area contributed by atoms with Gasteiger partial charge in [0, 0.05) is 11.4 Å². The summed E-state index contributed by atoms with van der Waals surface area (Å²) in [7, 11) is 0. The second-order valence-corrected chi connectivity index (χ2v) is 6.47. The molecule has 4 N–H and O–H groups in total. The Bertz CT molecular complexity index is 587. The lowest BCUT2D eigenvalue weighted by Gasteiger charge is -2.09. The molecule has 0 saturated carbocycles. The molecule has 2 aromatic rings. The standard InChI is InChI=1S/C21H30N2/c1-2-3-4-5-6-7-8-19-16-18(11-14-21(19)23)15-17-9-12-20(22)13-10-17/h9-14,16H,2-8,15,22-23H2,1H3. The van der Waals surface area contributed by atoms with Crippen LogP contribution in [0.1, 0.15) is 62.1 Å². The normalized spacial score (nSPS) is 10.8. The third kappa shape index (κ3) is 5.97. The van der Waals surface area contributed by atoms with Gasteiger partial charge in [-0.2, -0.15) is 0 Å². The summed E-state index contributed by atoms with van der Waals surface area (Å²) in [6.07, 6.45) is 9.94. The first kappa shape index (κ1) is 17.4. The monoisotopic (exact) mass is 310 g/mol. The Morgan fingerprint density at radius 2 is 1.39 bits per heavy atom. The minimum absolute atomic E-state index is 0.815. The van der Waals surface area contributed by atoms with Crippen LogP contribution in [-0.4, -0.2) is 0 Å². The first-order chi connectivity index (χ1) is 11.2. The molecule has 0 atom stereocenters. The molecule has 124 valence electrons. The molecule has 2 aromatic carbocycles. The van der Waals surface area contributed by atoms with Gasteiger partial charge in [0.1, 0.15) is 0 Å². The maximum Gasteiger partial charge on any atom is 0.0346 e. The zero-order valence-corrected chi connectivity index (χ0v) is 14.4. The van der Waals surface area contributed by atoms with Gasteiger partial charge in [-0.15, -0.1) is 0 Å². The number of anilines is 2. The lowest BCUT2D eigenvalue weighted by molar-refractivity contribution is 0.608. The van der Waals surface area contributed by atoms with Crippen LogP contribution in [0.4, 0.5) is 11.4 Å². The van der Waals surface area contributed by atoms with Gasteiger partial charge in [-0.25, -0.2) is 0 Å².